The van der Waals surface area contributed by atoms with E-state index in [2.05, 4.69) is 15.6 Å². The number of benzene rings is 1. The number of nitrogens with one attached hydrogen (secondary N) is 2. The normalized spacial score (nSPS) is 13.7. The lowest BCUT2D eigenvalue weighted by Crippen LogP contribution is -2.34. The van der Waals surface area contributed by atoms with Crippen molar-refractivity contribution >= 4 is 39.9 Å². The van der Waals surface area contributed by atoms with E-state index in [1.165, 1.54) is 11.3 Å². The Bertz CT molecular complexity index is 857. The van der Waals surface area contributed by atoms with E-state index in [1.54, 1.807) is 10.3 Å². The average Bonchev–Trinajstić information content (AvgIpc) is 3.25. The SMILES string of the molecule is Cc1cccc(C)c1NC(=O)CNC(=O)Cc1csc(N2CCCC2=O)n1. The van der Waals surface area contributed by atoms with Crippen LogP contribution in [-0.2, 0) is 20.8 Å². The first-order valence-electron chi connectivity index (χ1n) is 8.81. The van der Waals surface area contributed by atoms with Crippen molar-refractivity contribution in [2.45, 2.75) is 33.1 Å². The van der Waals surface area contributed by atoms with Gasteiger partial charge in [-0.1, -0.05) is 18.2 Å². The Morgan fingerprint density at radius 3 is 2.63 bits per heavy atom. The van der Waals surface area contributed by atoms with Gasteiger partial charge in [0.1, 0.15) is 0 Å². The molecule has 2 heterocycles. The molecule has 0 radical (unpaired) electrons. The number of carbonyl (C=O) groups excluding carboxylic acids is 3. The van der Waals surface area contributed by atoms with Crippen molar-refractivity contribution in [1.82, 2.24) is 10.3 Å². The van der Waals surface area contributed by atoms with Crippen LogP contribution in [-0.4, -0.2) is 35.8 Å². The Morgan fingerprint density at radius 2 is 1.96 bits per heavy atom. The molecule has 1 fully saturated rings. The molecule has 0 saturated carbocycles. The van der Waals surface area contributed by atoms with E-state index >= 15 is 0 Å². The fourth-order valence-corrected chi connectivity index (χ4v) is 3.82. The van der Waals surface area contributed by atoms with Gasteiger partial charge in [-0.2, -0.15) is 0 Å². The lowest BCUT2D eigenvalue weighted by Gasteiger charge is -2.12. The zero-order valence-corrected chi connectivity index (χ0v) is 16.2. The van der Waals surface area contributed by atoms with E-state index in [4.69, 9.17) is 0 Å². The lowest BCUT2D eigenvalue weighted by molar-refractivity contribution is -0.123. The molecular formula is C19H22N4O3S. The number of thiazole rings is 1. The van der Waals surface area contributed by atoms with Gasteiger partial charge in [0.2, 0.25) is 17.7 Å². The highest BCUT2D eigenvalue weighted by molar-refractivity contribution is 7.14. The molecule has 1 aliphatic rings. The molecule has 1 aromatic heterocycles. The maximum absolute atomic E-state index is 12.1. The molecule has 2 N–H and O–H groups in total. The maximum atomic E-state index is 12.1. The van der Waals surface area contributed by atoms with E-state index < -0.39 is 0 Å². The van der Waals surface area contributed by atoms with Gasteiger partial charge in [0, 0.05) is 24.0 Å². The van der Waals surface area contributed by atoms with Gasteiger partial charge in [0.05, 0.1) is 18.7 Å². The van der Waals surface area contributed by atoms with Crippen LogP contribution in [0, 0.1) is 13.8 Å². The average molecular weight is 386 g/mol. The van der Waals surface area contributed by atoms with Crippen molar-refractivity contribution in [2.75, 3.05) is 23.3 Å². The Morgan fingerprint density at radius 1 is 1.22 bits per heavy atom. The van der Waals surface area contributed by atoms with Crippen LogP contribution in [0.1, 0.15) is 29.7 Å². The number of hydrogen-bond donors (Lipinski definition) is 2. The summed E-state index contributed by atoms with van der Waals surface area (Å²) in [4.78, 5) is 42.0. The molecule has 0 spiro atoms. The molecule has 3 rings (SSSR count). The van der Waals surface area contributed by atoms with Gasteiger partial charge in [-0.3, -0.25) is 19.3 Å². The molecular weight excluding hydrogens is 364 g/mol. The Labute approximate surface area is 161 Å². The number of aromatic nitrogens is 1. The monoisotopic (exact) mass is 386 g/mol. The fourth-order valence-electron chi connectivity index (χ4n) is 2.95. The number of para-hydroxylation sites is 1. The van der Waals surface area contributed by atoms with Crippen molar-refractivity contribution in [3.8, 4) is 0 Å². The van der Waals surface area contributed by atoms with Crippen LogP contribution in [0.5, 0.6) is 0 Å². The summed E-state index contributed by atoms with van der Waals surface area (Å²) in [6, 6.07) is 5.78. The van der Waals surface area contributed by atoms with Crippen molar-refractivity contribution in [3.05, 3.63) is 40.4 Å². The summed E-state index contributed by atoms with van der Waals surface area (Å²) >= 11 is 1.36. The highest BCUT2D eigenvalue weighted by Gasteiger charge is 2.24. The van der Waals surface area contributed by atoms with Gasteiger partial charge in [0.25, 0.3) is 0 Å². The van der Waals surface area contributed by atoms with Gasteiger partial charge in [0.15, 0.2) is 5.13 Å². The first kappa shape index (κ1) is 19.0. The summed E-state index contributed by atoms with van der Waals surface area (Å²) in [5, 5.41) is 7.85. The van der Waals surface area contributed by atoms with Crippen LogP contribution >= 0.6 is 11.3 Å². The zero-order valence-electron chi connectivity index (χ0n) is 15.4. The number of anilines is 2. The minimum absolute atomic E-state index is 0.0727. The molecule has 1 aliphatic heterocycles. The van der Waals surface area contributed by atoms with Gasteiger partial charge < -0.3 is 10.6 Å². The summed E-state index contributed by atoms with van der Waals surface area (Å²) in [5.41, 5.74) is 3.32. The summed E-state index contributed by atoms with van der Waals surface area (Å²) < 4.78 is 0. The molecule has 0 aliphatic carbocycles. The molecule has 0 bridgehead atoms. The molecule has 0 atom stereocenters. The maximum Gasteiger partial charge on any atom is 0.243 e. The molecule has 1 aromatic carbocycles. The topological polar surface area (TPSA) is 91.4 Å². The van der Waals surface area contributed by atoms with Crippen LogP contribution < -0.4 is 15.5 Å². The molecule has 1 saturated heterocycles. The van der Waals surface area contributed by atoms with Gasteiger partial charge in [-0.25, -0.2) is 4.98 Å². The minimum Gasteiger partial charge on any atom is -0.347 e. The predicted molar refractivity (Wildman–Crippen MR) is 105 cm³/mol. The van der Waals surface area contributed by atoms with Gasteiger partial charge >= 0.3 is 0 Å². The van der Waals surface area contributed by atoms with E-state index in [0.29, 0.717) is 23.8 Å². The highest BCUT2D eigenvalue weighted by Crippen LogP contribution is 2.25. The van der Waals surface area contributed by atoms with Crippen LogP contribution in [0.25, 0.3) is 0 Å². The third-order valence-electron chi connectivity index (χ3n) is 4.38. The van der Waals surface area contributed by atoms with Gasteiger partial charge in [-0.15, -0.1) is 11.3 Å². The predicted octanol–water partition coefficient (Wildman–Crippen LogP) is 2.18. The van der Waals surface area contributed by atoms with Crippen molar-refractivity contribution in [3.63, 3.8) is 0 Å². The second-order valence-corrected chi connectivity index (χ2v) is 7.38. The second kappa shape index (κ2) is 8.30. The number of nitrogens with zero attached hydrogens (tertiary/aromatic N) is 2. The molecule has 142 valence electrons. The zero-order chi connectivity index (χ0) is 19.4. The number of rotatable bonds is 6. The Kier molecular flexibility index (Phi) is 5.85. The molecule has 0 unspecified atom stereocenters. The van der Waals surface area contributed by atoms with Crippen LogP contribution in [0.4, 0.5) is 10.8 Å². The van der Waals surface area contributed by atoms with Crippen molar-refractivity contribution in [1.29, 1.82) is 0 Å². The molecule has 8 heteroatoms. The Hall–Kier alpha value is -2.74. The quantitative estimate of drug-likeness (QED) is 0.796. The number of amides is 3. The first-order valence-corrected chi connectivity index (χ1v) is 9.69. The summed E-state index contributed by atoms with van der Waals surface area (Å²) in [6.07, 6.45) is 1.46. The summed E-state index contributed by atoms with van der Waals surface area (Å²) in [5.74, 6) is -0.484. The third-order valence-corrected chi connectivity index (χ3v) is 5.29. The fraction of sp³-hybridized carbons (Fsp3) is 0.368. The van der Waals surface area contributed by atoms with E-state index in [0.717, 1.165) is 23.2 Å². The van der Waals surface area contributed by atoms with Crippen LogP contribution in [0.3, 0.4) is 0 Å². The van der Waals surface area contributed by atoms with E-state index in [9.17, 15) is 14.4 Å². The lowest BCUT2D eigenvalue weighted by atomic mass is 10.1. The van der Waals surface area contributed by atoms with Crippen molar-refractivity contribution < 1.29 is 14.4 Å². The number of carbonyl (C=O) groups is 3. The summed E-state index contributed by atoms with van der Waals surface area (Å²) in [6.45, 7) is 4.42. The number of hydrogen-bond acceptors (Lipinski definition) is 5. The molecule has 27 heavy (non-hydrogen) atoms. The highest BCUT2D eigenvalue weighted by atomic mass is 32.1. The van der Waals surface area contributed by atoms with E-state index in [-0.39, 0.29) is 30.7 Å². The molecule has 3 amide bonds. The van der Waals surface area contributed by atoms with Crippen LogP contribution in [0.15, 0.2) is 23.6 Å². The second-order valence-electron chi connectivity index (χ2n) is 6.54. The van der Waals surface area contributed by atoms with Gasteiger partial charge in [-0.05, 0) is 31.4 Å². The van der Waals surface area contributed by atoms with Crippen molar-refractivity contribution in [2.24, 2.45) is 0 Å². The Balaban J connectivity index is 1.49. The first-order chi connectivity index (χ1) is 12.9. The third kappa shape index (κ3) is 4.71. The standard InChI is InChI=1S/C19H22N4O3S/c1-12-5-3-6-13(2)18(12)22-16(25)10-20-15(24)9-14-11-27-19(21-14)23-8-4-7-17(23)26/h3,5-6,11H,4,7-10H2,1-2H3,(H,20,24)(H,22,25). The van der Waals surface area contributed by atoms with E-state index in [1.807, 2.05) is 32.0 Å². The largest absolute Gasteiger partial charge is 0.347 e. The molecule has 7 nitrogen and oxygen atoms in total. The summed E-state index contributed by atoms with van der Waals surface area (Å²) in [7, 11) is 0. The molecule has 2 aromatic rings. The minimum atomic E-state index is -0.281. The number of aryl methyl sites for hydroxylation is 2. The van der Waals surface area contributed by atoms with Crippen LogP contribution in [0.2, 0.25) is 0 Å². The smallest absolute Gasteiger partial charge is 0.243 e.